The quantitative estimate of drug-likeness (QED) is 0.721. The lowest BCUT2D eigenvalue weighted by Gasteiger charge is -2.07. The number of para-hydroxylation sites is 2. The zero-order valence-corrected chi connectivity index (χ0v) is 9.93. The summed E-state index contributed by atoms with van der Waals surface area (Å²) in [6, 6.07) is 14.0. The molecule has 0 saturated heterocycles. The molecule has 3 heteroatoms. The van der Waals surface area contributed by atoms with Crippen LogP contribution in [0.3, 0.4) is 0 Å². The predicted octanol–water partition coefficient (Wildman–Crippen LogP) is 2.90. The Morgan fingerprint density at radius 3 is 1.56 bits per heavy atom. The highest BCUT2D eigenvalue weighted by Gasteiger charge is 2.07. The Hall–Kier alpha value is -2.29. The fourth-order valence-corrected chi connectivity index (χ4v) is 1.84. The van der Waals surface area contributed by atoms with Gasteiger partial charge < -0.3 is 15.6 Å². The molecule has 2 aromatic rings. The van der Waals surface area contributed by atoms with E-state index in [1.807, 2.05) is 12.1 Å². The van der Waals surface area contributed by atoms with E-state index in [4.69, 9.17) is 5.41 Å². The fourth-order valence-electron chi connectivity index (χ4n) is 1.84. The number of phenols is 2. The van der Waals surface area contributed by atoms with E-state index in [2.05, 4.69) is 0 Å². The van der Waals surface area contributed by atoms with Crippen LogP contribution in [-0.2, 0) is 12.8 Å². The van der Waals surface area contributed by atoms with E-state index in [0.29, 0.717) is 18.6 Å². The summed E-state index contributed by atoms with van der Waals surface area (Å²) in [4.78, 5) is 0. The van der Waals surface area contributed by atoms with Gasteiger partial charge in [-0.2, -0.15) is 0 Å². The molecule has 92 valence electrons. The third kappa shape index (κ3) is 2.88. The van der Waals surface area contributed by atoms with Gasteiger partial charge in [-0.25, -0.2) is 0 Å². The molecule has 3 N–H and O–H groups in total. The van der Waals surface area contributed by atoms with Crippen LogP contribution in [0.4, 0.5) is 0 Å². The van der Waals surface area contributed by atoms with Gasteiger partial charge in [0.1, 0.15) is 11.5 Å². The molecule has 2 rings (SSSR count). The molecule has 18 heavy (non-hydrogen) atoms. The number of phenolic OH excluding ortho intramolecular Hbond substituents is 2. The molecule has 0 bridgehead atoms. The molecule has 0 atom stereocenters. The van der Waals surface area contributed by atoms with E-state index < -0.39 is 0 Å². The highest BCUT2D eigenvalue weighted by molar-refractivity contribution is 5.86. The Balaban J connectivity index is 2.06. The molecule has 3 nitrogen and oxygen atoms in total. The van der Waals surface area contributed by atoms with Crippen LogP contribution in [0.15, 0.2) is 48.5 Å². The van der Waals surface area contributed by atoms with Crippen molar-refractivity contribution in [1.29, 1.82) is 5.41 Å². The molecule has 0 amide bonds. The van der Waals surface area contributed by atoms with Crippen LogP contribution in [0, 0.1) is 5.41 Å². The van der Waals surface area contributed by atoms with E-state index in [-0.39, 0.29) is 11.5 Å². The van der Waals surface area contributed by atoms with Gasteiger partial charge in [0, 0.05) is 18.6 Å². The van der Waals surface area contributed by atoms with Crippen LogP contribution in [-0.4, -0.2) is 15.9 Å². The monoisotopic (exact) mass is 241 g/mol. The predicted molar refractivity (Wildman–Crippen MR) is 71.3 cm³/mol. The third-order valence-corrected chi connectivity index (χ3v) is 2.79. The van der Waals surface area contributed by atoms with Crippen LogP contribution in [0.1, 0.15) is 11.1 Å². The van der Waals surface area contributed by atoms with Crippen LogP contribution >= 0.6 is 0 Å². The van der Waals surface area contributed by atoms with E-state index in [9.17, 15) is 10.2 Å². The number of rotatable bonds is 4. The second-order valence-corrected chi connectivity index (χ2v) is 4.21. The van der Waals surface area contributed by atoms with Gasteiger partial charge in [-0.15, -0.1) is 0 Å². The summed E-state index contributed by atoms with van der Waals surface area (Å²) in [6.07, 6.45) is 0.780. The van der Waals surface area contributed by atoms with Crippen molar-refractivity contribution in [2.75, 3.05) is 0 Å². The first-order chi connectivity index (χ1) is 8.66. The molecule has 0 unspecified atom stereocenters. The summed E-state index contributed by atoms with van der Waals surface area (Å²) >= 11 is 0. The molecular formula is C15H15NO2. The third-order valence-electron chi connectivity index (χ3n) is 2.79. The number of hydrogen-bond donors (Lipinski definition) is 3. The summed E-state index contributed by atoms with van der Waals surface area (Å²) < 4.78 is 0. The lowest BCUT2D eigenvalue weighted by molar-refractivity contribution is 0.469. The minimum Gasteiger partial charge on any atom is -0.508 e. The van der Waals surface area contributed by atoms with E-state index >= 15 is 0 Å². The van der Waals surface area contributed by atoms with E-state index in [0.717, 1.165) is 11.1 Å². The lowest BCUT2D eigenvalue weighted by Crippen LogP contribution is -2.05. The van der Waals surface area contributed by atoms with Gasteiger partial charge in [-0.05, 0) is 23.3 Å². The van der Waals surface area contributed by atoms with Crippen LogP contribution in [0.5, 0.6) is 11.5 Å². The second-order valence-electron chi connectivity index (χ2n) is 4.21. The van der Waals surface area contributed by atoms with Crippen molar-refractivity contribution in [3.05, 3.63) is 59.7 Å². The minimum absolute atomic E-state index is 0.208. The largest absolute Gasteiger partial charge is 0.508 e. The first kappa shape index (κ1) is 12.2. The van der Waals surface area contributed by atoms with Crippen molar-refractivity contribution in [2.45, 2.75) is 12.8 Å². The van der Waals surface area contributed by atoms with Gasteiger partial charge in [0.25, 0.3) is 0 Å². The van der Waals surface area contributed by atoms with Gasteiger partial charge in [-0.3, -0.25) is 0 Å². The van der Waals surface area contributed by atoms with Crippen LogP contribution in [0.25, 0.3) is 0 Å². The summed E-state index contributed by atoms with van der Waals surface area (Å²) in [5.41, 5.74) is 1.92. The van der Waals surface area contributed by atoms with Crippen molar-refractivity contribution in [3.63, 3.8) is 0 Å². The maximum Gasteiger partial charge on any atom is 0.119 e. The molecule has 0 fully saturated rings. The molecule has 0 aliphatic heterocycles. The average Bonchev–Trinajstić information content (AvgIpc) is 2.35. The zero-order chi connectivity index (χ0) is 13.0. The molecular weight excluding hydrogens is 226 g/mol. The first-order valence-corrected chi connectivity index (χ1v) is 5.77. The van der Waals surface area contributed by atoms with Crippen molar-refractivity contribution in [1.82, 2.24) is 0 Å². The second kappa shape index (κ2) is 5.36. The van der Waals surface area contributed by atoms with Gasteiger partial charge in [0.05, 0.1) is 0 Å². The Labute approximate surface area is 106 Å². The molecule has 0 aliphatic carbocycles. The SMILES string of the molecule is N=C(Cc1ccccc1O)Cc1ccccc1O. The Kier molecular flexibility index (Phi) is 3.63. The maximum atomic E-state index is 9.63. The standard InChI is InChI=1S/C15H15NO2/c16-13(9-11-5-1-3-7-14(11)17)10-12-6-2-4-8-15(12)18/h1-8,16-18H,9-10H2. The Bertz CT molecular complexity index is 514. The highest BCUT2D eigenvalue weighted by atomic mass is 16.3. The Morgan fingerprint density at radius 2 is 1.17 bits per heavy atom. The summed E-state index contributed by atoms with van der Waals surface area (Å²) in [6.45, 7) is 0. The molecule has 0 aliphatic rings. The number of benzene rings is 2. The molecule has 2 aromatic carbocycles. The summed E-state index contributed by atoms with van der Waals surface area (Å²) in [5.74, 6) is 0.416. The zero-order valence-electron chi connectivity index (χ0n) is 9.93. The molecule has 0 heterocycles. The molecule has 0 radical (unpaired) electrons. The number of nitrogens with one attached hydrogen (secondary N) is 1. The number of hydrogen-bond acceptors (Lipinski definition) is 3. The van der Waals surface area contributed by atoms with Gasteiger partial charge in [0.15, 0.2) is 0 Å². The highest BCUT2D eigenvalue weighted by Crippen LogP contribution is 2.20. The summed E-state index contributed by atoms with van der Waals surface area (Å²) in [7, 11) is 0. The number of aromatic hydroxyl groups is 2. The van der Waals surface area contributed by atoms with E-state index in [1.165, 1.54) is 0 Å². The van der Waals surface area contributed by atoms with Crippen LogP contribution in [0.2, 0.25) is 0 Å². The minimum atomic E-state index is 0.208. The summed E-state index contributed by atoms with van der Waals surface area (Å²) in [5, 5.41) is 27.2. The van der Waals surface area contributed by atoms with Crippen molar-refractivity contribution >= 4 is 5.71 Å². The smallest absolute Gasteiger partial charge is 0.119 e. The molecule has 0 aromatic heterocycles. The first-order valence-electron chi connectivity index (χ1n) is 5.77. The van der Waals surface area contributed by atoms with Crippen molar-refractivity contribution in [3.8, 4) is 11.5 Å². The topological polar surface area (TPSA) is 64.3 Å². The van der Waals surface area contributed by atoms with Gasteiger partial charge >= 0.3 is 0 Å². The fraction of sp³-hybridized carbons (Fsp3) is 0.133. The van der Waals surface area contributed by atoms with Gasteiger partial charge in [-0.1, -0.05) is 36.4 Å². The Morgan fingerprint density at radius 1 is 0.778 bits per heavy atom. The maximum absolute atomic E-state index is 9.63. The lowest BCUT2D eigenvalue weighted by atomic mass is 10.0. The normalized spacial score (nSPS) is 10.2. The van der Waals surface area contributed by atoms with Crippen LogP contribution < -0.4 is 0 Å². The van der Waals surface area contributed by atoms with E-state index in [1.54, 1.807) is 36.4 Å². The van der Waals surface area contributed by atoms with Crippen molar-refractivity contribution < 1.29 is 10.2 Å². The molecule has 0 saturated carbocycles. The van der Waals surface area contributed by atoms with Crippen molar-refractivity contribution in [2.24, 2.45) is 0 Å². The average molecular weight is 241 g/mol. The molecule has 0 spiro atoms. The van der Waals surface area contributed by atoms with Gasteiger partial charge in [0.2, 0.25) is 0 Å².